The lowest BCUT2D eigenvalue weighted by Crippen LogP contribution is -2.37. The zero-order chi connectivity index (χ0) is 21.9. The third-order valence-electron chi connectivity index (χ3n) is 7.64. The fourth-order valence-corrected chi connectivity index (χ4v) is 5.61. The number of amidine groups is 1. The lowest BCUT2D eigenvalue weighted by atomic mass is 9.71. The van der Waals surface area contributed by atoms with Crippen molar-refractivity contribution < 1.29 is 5.11 Å². The summed E-state index contributed by atoms with van der Waals surface area (Å²) in [6.45, 7) is 9.22. The number of nitrogens with zero attached hydrogens (tertiary/aromatic N) is 2. The number of unbranched alkanes of at least 4 members (excludes halogenated alkanes) is 1. The molecule has 2 aliphatic rings. The number of benzene rings is 1. The van der Waals surface area contributed by atoms with Gasteiger partial charge in [-0.3, -0.25) is 4.99 Å². The van der Waals surface area contributed by atoms with Crippen LogP contribution >= 0.6 is 0 Å². The predicted octanol–water partition coefficient (Wildman–Crippen LogP) is 5.41. The third-order valence-corrected chi connectivity index (χ3v) is 7.64. The molecule has 1 aromatic rings. The van der Waals surface area contributed by atoms with Crippen molar-refractivity contribution >= 4 is 5.84 Å². The van der Waals surface area contributed by atoms with Gasteiger partial charge in [-0.2, -0.15) is 0 Å². The predicted molar refractivity (Wildman–Crippen MR) is 131 cm³/mol. The van der Waals surface area contributed by atoms with Crippen LogP contribution in [0, 0.1) is 11.3 Å². The van der Waals surface area contributed by atoms with Crippen LogP contribution in [-0.4, -0.2) is 48.1 Å². The van der Waals surface area contributed by atoms with Crippen LogP contribution in [0.4, 0.5) is 0 Å². The number of β-amino-alcohol motifs (C(OH)–C–C–N with tert-alkyl or cyclic N) is 1. The van der Waals surface area contributed by atoms with Gasteiger partial charge >= 0.3 is 0 Å². The largest absolute Gasteiger partial charge is 0.391 e. The van der Waals surface area contributed by atoms with E-state index in [-0.39, 0.29) is 6.10 Å². The second kappa shape index (κ2) is 12.6. The average Bonchev–Trinajstić information content (AvgIpc) is 3.41. The number of rotatable bonds is 14. The number of hydrogen-bond donors (Lipinski definition) is 2. The van der Waals surface area contributed by atoms with Crippen molar-refractivity contribution in [2.75, 3.05) is 26.2 Å². The molecule has 2 N–H and O–H groups in total. The van der Waals surface area contributed by atoms with E-state index < -0.39 is 0 Å². The van der Waals surface area contributed by atoms with E-state index in [0.29, 0.717) is 5.41 Å². The van der Waals surface area contributed by atoms with Crippen molar-refractivity contribution in [1.82, 2.24) is 10.2 Å². The van der Waals surface area contributed by atoms with Crippen LogP contribution in [0.5, 0.6) is 0 Å². The van der Waals surface area contributed by atoms with Gasteiger partial charge in [0.25, 0.3) is 0 Å². The van der Waals surface area contributed by atoms with Gasteiger partial charge in [0.2, 0.25) is 0 Å². The first-order valence-electron chi connectivity index (χ1n) is 12.8. The summed E-state index contributed by atoms with van der Waals surface area (Å²) >= 11 is 0. The van der Waals surface area contributed by atoms with Crippen molar-refractivity contribution in [2.45, 2.75) is 90.7 Å². The highest BCUT2D eigenvalue weighted by Gasteiger charge is 2.36. The van der Waals surface area contributed by atoms with Gasteiger partial charge in [0, 0.05) is 32.6 Å². The highest BCUT2D eigenvalue weighted by molar-refractivity contribution is 5.83. The molecule has 1 heterocycles. The number of aliphatic hydroxyl groups is 1. The van der Waals surface area contributed by atoms with Crippen LogP contribution in [0.3, 0.4) is 0 Å². The van der Waals surface area contributed by atoms with Crippen molar-refractivity contribution in [3.05, 3.63) is 35.9 Å². The first-order valence-corrected chi connectivity index (χ1v) is 12.8. The highest BCUT2D eigenvalue weighted by Crippen LogP contribution is 2.47. The van der Waals surface area contributed by atoms with Crippen LogP contribution in [-0.2, 0) is 6.54 Å². The van der Waals surface area contributed by atoms with E-state index in [1.54, 1.807) is 0 Å². The van der Waals surface area contributed by atoms with Crippen LogP contribution in [0.1, 0.15) is 83.6 Å². The van der Waals surface area contributed by atoms with E-state index in [2.05, 4.69) is 54.4 Å². The van der Waals surface area contributed by atoms with Crippen LogP contribution in [0.25, 0.3) is 0 Å². The highest BCUT2D eigenvalue weighted by atomic mass is 16.3. The first-order chi connectivity index (χ1) is 15.1. The van der Waals surface area contributed by atoms with Crippen LogP contribution in [0.15, 0.2) is 35.3 Å². The normalized spacial score (nSPS) is 20.1. The van der Waals surface area contributed by atoms with E-state index in [1.807, 2.05) is 0 Å². The Kier molecular flexibility index (Phi) is 9.86. The van der Waals surface area contributed by atoms with E-state index in [1.165, 1.54) is 62.8 Å². The maximum atomic E-state index is 10.8. The Morgan fingerprint density at radius 2 is 1.90 bits per heavy atom. The Balaban J connectivity index is 1.39. The van der Waals surface area contributed by atoms with E-state index in [9.17, 15) is 5.11 Å². The SMILES string of the molecule is CCCCC(CCC(O)CN1CCN=C1CCNCc1ccccc1)C1(C)CCCC1. The molecule has 2 atom stereocenters. The maximum Gasteiger partial charge on any atom is 0.100 e. The van der Waals surface area contributed by atoms with Crippen molar-refractivity contribution in [3.63, 3.8) is 0 Å². The number of hydrogen-bond acceptors (Lipinski definition) is 4. The fraction of sp³-hybridized carbons (Fsp3) is 0.741. The van der Waals surface area contributed by atoms with Crippen molar-refractivity contribution in [1.29, 1.82) is 0 Å². The Bertz CT molecular complexity index is 654. The average molecular weight is 428 g/mol. The molecule has 0 aromatic heterocycles. The summed E-state index contributed by atoms with van der Waals surface area (Å²) in [5.41, 5.74) is 1.83. The minimum atomic E-state index is -0.241. The van der Waals surface area contributed by atoms with Gasteiger partial charge in [0.1, 0.15) is 5.84 Å². The molecule has 3 rings (SSSR count). The van der Waals surface area contributed by atoms with Gasteiger partial charge in [-0.05, 0) is 49.0 Å². The molecule has 4 heteroatoms. The molecule has 1 aliphatic carbocycles. The molecule has 2 unspecified atom stereocenters. The van der Waals surface area contributed by atoms with Crippen LogP contribution < -0.4 is 5.32 Å². The summed E-state index contributed by atoms with van der Waals surface area (Å²) < 4.78 is 0. The molecular formula is C27H45N3O. The molecule has 31 heavy (non-hydrogen) atoms. The van der Waals surface area contributed by atoms with E-state index >= 15 is 0 Å². The Morgan fingerprint density at radius 1 is 1.13 bits per heavy atom. The van der Waals surface area contributed by atoms with E-state index in [0.717, 1.165) is 51.5 Å². The summed E-state index contributed by atoms with van der Waals surface area (Å²) in [6, 6.07) is 10.5. The molecule has 4 nitrogen and oxygen atoms in total. The van der Waals surface area contributed by atoms with Gasteiger partial charge in [-0.15, -0.1) is 0 Å². The molecule has 0 saturated heterocycles. The minimum absolute atomic E-state index is 0.241. The lowest BCUT2D eigenvalue weighted by Gasteiger charge is -2.35. The molecular weight excluding hydrogens is 382 g/mol. The van der Waals surface area contributed by atoms with Gasteiger partial charge < -0.3 is 15.3 Å². The molecule has 174 valence electrons. The van der Waals surface area contributed by atoms with Gasteiger partial charge in [0.05, 0.1) is 12.6 Å². The summed E-state index contributed by atoms with van der Waals surface area (Å²) in [7, 11) is 0. The van der Waals surface area contributed by atoms with Gasteiger partial charge in [0.15, 0.2) is 0 Å². The Hall–Kier alpha value is -1.39. The molecule has 0 bridgehead atoms. The third kappa shape index (κ3) is 7.61. The van der Waals surface area contributed by atoms with Gasteiger partial charge in [-0.1, -0.05) is 69.9 Å². The molecule has 1 saturated carbocycles. The van der Waals surface area contributed by atoms with Crippen LogP contribution in [0.2, 0.25) is 0 Å². The van der Waals surface area contributed by atoms with Gasteiger partial charge in [-0.25, -0.2) is 0 Å². The molecule has 1 aromatic carbocycles. The molecule has 1 fully saturated rings. The quantitative estimate of drug-likeness (QED) is 0.390. The fourth-order valence-electron chi connectivity index (χ4n) is 5.61. The topological polar surface area (TPSA) is 47.9 Å². The monoisotopic (exact) mass is 427 g/mol. The standard InChI is InChI=1S/C27H45N3O/c1-3-4-12-24(27(2)16-8-9-17-27)13-14-25(31)22-30-20-19-29-26(30)15-18-28-21-23-10-6-5-7-11-23/h5-7,10-11,24-25,28,31H,3-4,8-9,12-22H2,1-2H3. The van der Waals surface area contributed by atoms with E-state index in [4.69, 9.17) is 4.99 Å². The Labute approximate surface area is 190 Å². The molecule has 1 aliphatic heterocycles. The number of nitrogens with one attached hydrogen (secondary N) is 1. The smallest absolute Gasteiger partial charge is 0.100 e. The zero-order valence-electron chi connectivity index (χ0n) is 20.0. The zero-order valence-corrected chi connectivity index (χ0v) is 20.0. The summed E-state index contributed by atoms with van der Waals surface area (Å²) in [5.74, 6) is 1.95. The Morgan fingerprint density at radius 3 is 2.65 bits per heavy atom. The summed E-state index contributed by atoms with van der Waals surface area (Å²) in [5, 5.41) is 14.4. The second-order valence-corrected chi connectivity index (χ2v) is 10.1. The molecule has 0 spiro atoms. The second-order valence-electron chi connectivity index (χ2n) is 10.1. The van der Waals surface area contributed by atoms with Crippen molar-refractivity contribution in [2.24, 2.45) is 16.3 Å². The minimum Gasteiger partial charge on any atom is -0.391 e. The van der Waals surface area contributed by atoms with Crippen molar-refractivity contribution in [3.8, 4) is 0 Å². The lowest BCUT2D eigenvalue weighted by molar-refractivity contribution is 0.101. The first kappa shape index (κ1) is 24.3. The molecule has 0 amide bonds. The number of aliphatic hydroxyl groups excluding tert-OH is 1. The summed E-state index contributed by atoms with van der Waals surface area (Å²) in [4.78, 5) is 7.04. The summed E-state index contributed by atoms with van der Waals surface area (Å²) in [6.07, 6.45) is 12.3. The maximum absolute atomic E-state index is 10.8. The number of aliphatic imine (C=N–C) groups is 1. The molecule has 0 radical (unpaired) electrons.